The zero-order valence-corrected chi connectivity index (χ0v) is 18.8. The lowest BCUT2D eigenvalue weighted by Crippen LogP contribution is -2.21. The number of anilines is 1. The van der Waals surface area contributed by atoms with E-state index in [1.165, 1.54) is 42.4 Å². The molecule has 8 heteroatoms. The SMILES string of the molecule is Cn1cc(-c2cnc3c(c2)ncn3Cc2ccc3nc(NC4CCCCC4)sc3c2)cn1. The van der Waals surface area contributed by atoms with Crippen molar-refractivity contribution in [2.24, 2.45) is 7.05 Å². The van der Waals surface area contributed by atoms with E-state index in [2.05, 4.69) is 44.2 Å². The van der Waals surface area contributed by atoms with Crippen LogP contribution < -0.4 is 5.32 Å². The van der Waals surface area contributed by atoms with Crippen LogP contribution in [0.1, 0.15) is 37.7 Å². The fraction of sp³-hybridized carbons (Fsp3) is 0.333. The minimum atomic E-state index is 0.573. The first kappa shape index (κ1) is 19.4. The molecule has 0 aliphatic heterocycles. The Labute approximate surface area is 190 Å². The Balaban J connectivity index is 1.23. The Bertz CT molecular complexity index is 1390. The molecule has 0 saturated heterocycles. The van der Waals surface area contributed by atoms with Crippen molar-refractivity contribution in [1.29, 1.82) is 0 Å². The van der Waals surface area contributed by atoms with Crippen molar-refractivity contribution < 1.29 is 0 Å². The number of aryl methyl sites for hydroxylation is 1. The number of pyridine rings is 1. The van der Waals surface area contributed by atoms with Crippen LogP contribution in [0.4, 0.5) is 5.13 Å². The lowest BCUT2D eigenvalue weighted by Gasteiger charge is -2.22. The number of nitrogens with one attached hydrogen (secondary N) is 1. The van der Waals surface area contributed by atoms with Crippen molar-refractivity contribution >= 4 is 37.8 Å². The predicted octanol–water partition coefficient (Wildman–Crippen LogP) is 5.23. The van der Waals surface area contributed by atoms with E-state index in [-0.39, 0.29) is 0 Å². The summed E-state index contributed by atoms with van der Waals surface area (Å²) in [5.74, 6) is 0. The third-order valence-corrected chi connectivity index (χ3v) is 7.18. The largest absolute Gasteiger partial charge is 0.359 e. The molecular weight excluding hydrogens is 418 g/mol. The summed E-state index contributed by atoms with van der Waals surface area (Å²) in [6, 6.07) is 9.17. The van der Waals surface area contributed by atoms with Crippen molar-refractivity contribution in [3.05, 3.63) is 54.7 Å². The van der Waals surface area contributed by atoms with Crippen molar-refractivity contribution in [3.8, 4) is 11.1 Å². The second-order valence-electron chi connectivity index (χ2n) is 8.64. The molecule has 1 N–H and O–H groups in total. The van der Waals surface area contributed by atoms with Crippen molar-refractivity contribution in [1.82, 2.24) is 29.3 Å². The van der Waals surface area contributed by atoms with Crippen LogP contribution in [0, 0.1) is 0 Å². The van der Waals surface area contributed by atoms with Crippen LogP contribution in [0.25, 0.3) is 32.5 Å². The molecule has 0 amide bonds. The highest BCUT2D eigenvalue weighted by Crippen LogP contribution is 2.30. The van der Waals surface area contributed by atoms with Gasteiger partial charge in [0.05, 0.1) is 29.3 Å². The molecular formula is C24H25N7S. The second-order valence-corrected chi connectivity index (χ2v) is 9.67. The van der Waals surface area contributed by atoms with Gasteiger partial charge in [-0.15, -0.1) is 0 Å². The molecule has 1 saturated carbocycles. The lowest BCUT2D eigenvalue weighted by atomic mass is 9.96. The molecule has 7 nitrogen and oxygen atoms in total. The van der Waals surface area contributed by atoms with E-state index in [1.807, 2.05) is 32.0 Å². The molecule has 1 aliphatic carbocycles. The first-order chi connectivity index (χ1) is 15.7. The molecule has 32 heavy (non-hydrogen) atoms. The van der Waals surface area contributed by atoms with Gasteiger partial charge in [0.25, 0.3) is 0 Å². The maximum absolute atomic E-state index is 4.80. The summed E-state index contributed by atoms with van der Waals surface area (Å²) in [6.07, 6.45) is 14.1. The van der Waals surface area contributed by atoms with E-state index >= 15 is 0 Å². The number of rotatable bonds is 5. The summed E-state index contributed by atoms with van der Waals surface area (Å²) >= 11 is 1.75. The van der Waals surface area contributed by atoms with Crippen LogP contribution in [0.2, 0.25) is 0 Å². The summed E-state index contributed by atoms with van der Waals surface area (Å²) in [5, 5.41) is 8.95. The van der Waals surface area contributed by atoms with E-state index in [1.54, 1.807) is 16.0 Å². The Morgan fingerprint density at radius 2 is 1.94 bits per heavy atom. The summed E-state index contributed by atoms with van der Waals surface area (Å²) in [7, 11) is 1.92. The molecule has 0 unspecified atom stereocenters. The summed E-state index contributed by atoms with van der Waals surface area (Å²) in [6.45, 7) is 0.731. The number of hydrogen-bond acceptors (Lipinski definition) is 6. The maximum Gasteiger partial charge on any atom is 0.184 e. The normalized spacial score (nSPS) is 15.0. The molecule has 1 aliphatic rings. The first-order valence-corrected chi connectivity index (χ1v) is 12.0. The molecule has 0 radical (unpaired) electrons. The minimum Gasteiger partial charge on any atom is -0.359 e. The van der Waals surface area contributed by atoms with Crippen LogP contribution in [0.5, 0.6) is 0 Å². The van der Waals surface area contributed by atoms with Gasteiger partial charge in [0.1, 0.15) is 5.52 Å². The minimum absolute atomic E-state index is 0.573. The Morgan fingerprint density at radius 3 is 2.78 bits per heavy atom. The highest BCUT2D eigenvalue weighted by atomic mass is 32.1. The third kappa shape index (κ3) is 3.75. The van der Waals surface area contributed by atoms with Crippen molar-refractivity contribution in [3.63, 3.8) is 0 Å². The topological polar surface area (TPSA) is 73.5 Å². The number of imidazole rings is 1. The van der Waals surface area contributed by atoms with Crippen LogP contribution in [0.3, 0.4) is 0 Å². The van der Waals surface area contributed by atoms with E-state index in [9.17, 15) is 0 Å². The van der Waals surface area contributed by atoms with Gasteiger partial charge in [0.2, 0.25) is 0 Å². The predicted molar refractivity (Wildman–Crippen MR) is 129 cm³/mol. The van der Waals surface area contributed by atoms with Gasteiger partial charge < -0.3 is 9.88 Å². The van der Waals surface area contributed by atoms with Crippen LogP contribution in [-0.2, 0) is 13.6 Å². The van der Waals surface area contributed by atoms with Gasteiger partial charge >= 0.3 is 0 Å². The fourth-order valence-corrected chi connectivity index (χ4v) is 5.55. The van der Waals surface area contributed by atoms with Gasteiger partial charge in [0.15, 0.2) is 10.8 Å². The zero-order valence-electron chi connectivity index (χ0n) is 18.0. The fourth-order valence-electron chi connectivity index (χ4n) is 4.54. The Kier molecular flexibility index (Phi) is 4.87. The van der Waals surface area contributed by atoms with Crippen LogP contribution >= 0.6 is 11.3 Å². The molecule has 5 aromatic rings. The van der Waals surface area contributed by atoms with Gasteiger partial charge in [-0.25, -0.2) is 15.0 Å². The summed E-state index contributed by atoms with van der Waals surface area (Å²) in [4.78, 5) is 14.1. The molecule has 1 fully saturated rings. The summed E-state index contributed by atoms with van der Waals surface area (Å²) < 4.78 is 5.12. The maximum atomic E-state index is 4.80. The molecule has 4 aromatic heterocycles. The van der Waals surface area contributed by atoms with E-state index < -0.39 is 0 Å². The van der Waals surface area contributed by atoms with Crippen molar-refractivity contribution in [2.75, 3.05) is 5.32 Å². The van der Waals surface area contributed by atoms with E-state index in [0.29, 0.717) is 6.04 Å². The molecule has 0 atom stereocenters. The van der Waals surface area contributed by atoms with E-state index in [0.717, 1.165) is 39.5 Å². The van der Waals surface area contributed by atoms with Crippen molar-refractivity contribution in [2.45, 2.75) is 44.7 Å². The molecule has 4 heterocycles. The molecule has 162 valence electrons. The number of aromatic nitrogens is 6. The van der Waals surface area contributed by atoms with Gasteiger partial charge in [-0.05, 0) is 36.6 Å². The summed E-state index contributed by atoms with van der Waals surface area (Å²) in [5.41, 5.74) is 6.14. The van der Waals surface area contributed by atoms with Gasteiger partial charge in [0, 0.05) is 36.6 Å². The highest BCUT2D eigenvalue weighted by Gasteiger charge is 2.15. The van der Waals surface area contributed by atoms with Gasteiger partial charge in [-0.3, -0.25) is 4.68 Å². The monoisotopic (exact) mass is 443 g/mol. The van der Waals surface area contributed by atoms with Gasteiger partial charge in [-0.2, -0.15) is 5.10 Å². The zero-order chi connectivity index (χ0) is 21.5. The molecule has 1 aromatic carbocycles. The highest BCUT2D eigenvalue weighted by molar-refractivity contribution is 7.22. The Morgan fingerprint density at radius 1 is 1.03 bits per heavy atom. The number of fused-ring (bicyclic) bond motifs is 2. The lowest BCUT2D eigenvalue weighted by molar-refractivity contribution is 0.462. The number of thiazole rings is 1. The van der Waals surface area contributed by atoms with Gasteiger partial charge in [-0.1, -0.05) is 36.7 Å². The first-order valence-electron chi connectivity index (χ1n) is 11.2. The molecule has 0 bridgehead atoms. The van der Waals surface area contributed by atoms with Crippen LogP contribution in [-0.4, -0.2) is 35.3 Å². The smallest absolute Gasteiger partial charge is 0.184 e. The second kappa shape index (κ2) is 8.02. The number of nitrogens with zero attached hydrogens (tertiary/aromatic N) is 6. The Hall–Kier alpha value is -3.26. The molecule has 0 spiro atoms. The van der Waals surface area contributed by atoms with Crippen LogP contribution in [0.15, 0.2) is 49.2 Å². The standard InChI is InChI=1S/C24H25N7S/c1-30-14-18(12-27-30)17-10-21-23(25-11-17)31(15-26-21)13-16-7-8-20-22(9-16)32-24(29-20)28-19-5-3-2-4-6-19/h7-12,14-15,19H,2-6,13H2,1H3,(H,28,29). The third-order valence-electron chi connectivity index (χ3n) is 6.23. The average molecular weight is 444 g/mol. The van der Waals surface area contributed by atoms with E-state index in [4.69, 9.17) is 9.97 Å². The quantitative estimate of drug-likeness (QED) is 0.402. The molecule has 6 rings (SSSR count). The number of hydrogen-bond donors (Lipinski definition) is 1. The number of benzene rings is 1. The average Bonchev–Trinajstić information content (AvgIpc) is 3.52.